The van der Waals surface area contributed by atoms with Gasteiger partial charge in [-0.15, -0.1) is 0 Å². The highest BCUT2D eigenvalue weighted by molar-refractivity contribution is 9.10. The molecule has 0 radical (unpaired) electrons. The van der Waals surface area contributed by atoms with Crippen LogP contribution in [-0.2, 0) is 0 Å². The number of hydrogen-bond acceptors (Lipinski definition) is 10. The molecule has 0 bridgehead atoms. The number of nitrogens with one attached hydrogen (secondary N) is 2. The summed E-state index contributed by atoms with van der Waals surface area (Å²) in [7, 11) is -3.32. The van der Waals surface area contributed by atoms with Crippen LogP contribution in [0.15, 0.2) is 51.9 Å². The second kappa shape index (κ2) is 11.7. The fourth-order valence-corrected chi connectivity index (χ4v) is 3.95. The van der Waals surface area contributed by atoms with E-state index in [0.717, 1.165) is 20.9 Å². The van der Waals surface area contributed by atoms with Gasteiger partial charge in [-0.05, 0) is 40.0 Å². The molecule has 0 fully saturated rings. The Morgan fingerprint density at radius 2 is 1.62 bits per heavy atom. The summed E-state index contributed by atoms with van der Waals surface area (Å²) in [6.07, 6.45) is 5.19. The summed E-state index contributed by atoms with van der Waals surface area (Å²) in [6.45, 7) is 2.69. The van der Waals surface area contributed by atoms with Gasteiger partial charge in [-0.1, -0.05) is 45.9 Å². The van der Waals surface area contributed by atoms with Gasteiger partial charge in [0.15, 0.2) is 5.82 Å². The molecule has 4 N–H and O–H groups in total. The van der Waals surface area contributed by atoms with Crippen molar-refractivity contribution in [1.29, 1.82) is 0 Å². The Kier molecular flexibility index (Phi) is 9.02. The quantitative estimate of drug-likeness (QED) is 0.228. The number of ether oxygens (including phenoxy) is 2. The molecule has 0 spiro atoms. The lowest BCUT2D eigenvalue weighted by Gasteiger charge is -2.34. The second-order valence-corrected chi connectivity index (χ2v) is 9.76. The minimum atomic E-state index is -3.32. The van der Waals surface area contributed by atoms with E-state index in [1.807, 2.05) is 31.2 Å². The van der Waals surface area contributed by atoms with Gasteiger partial charge >= 0.3 is 6.01 Å². The lowest BCUT2D eigenvalue weighted by molar-refractivity contribution is 0.202. The molecule has 3 aromatic rings. The van der Waals surface area contributed by atoms with Gasteiger partial charge in [-0.25, -0.2) is 24.7 Å². The number of halogens is 2. The van der Waals surface area contributed by atoms with Gasteiger partial charge in [0.1, 0.15) is 19.5 Å². The minimum absolute atomic E-state index is 0.156. The van der Waals surface area contributed by atoms with Crippen LogP contribution in [0.25, 0.3) is 11.1 Å². The molecule has 0 aliphatic carbocycles. The van der Waals surface area contributed by atoms with Crippen molar-refractivity contribution in [2.45, 2.75) is 13.3 Å². The molecule has 0 aliphatic rings. The maximum Gasteiger partial charge on any atom is 0.316 e. The highest BCUT2D eigenvalue weighted by Gasteiger charge is 2.20. The zero-order valence-corrected chi connectivity index (χ0v) is 21.0. The average molecular weight is 590 g/mol. The summed E-state index contributed by atoms with van der Waals surface area (Å²) in [5.74, 6) is 0.480. The lowest BCUT2D eigenvalue weighted by Crippen LogP contribution is -2.27. The smallest absolute Gasteiger partial charge is 0.316 e. The van der Waals surface area contributed by atoms with Crippen LogP contribution in [0.5, 0.6) is 11.9 Å². The summed E-state index contributed by atoms with van der Waals surface area (Å²) in [4.78, 5) is 16.5. The van der Waals surface area contributed by atoms with Gasteiger partial charge < -0.3 is 9.47 Å². The third-order valence-electron chi connectivity index (χ3n) is 3.89. The first-order valence-electron chi connectivity index (χ1n) is 9.52. The van der Waals surface area contributed by atoms with E-state index in [9.17, 15) is 9.11 Å². The van der Waals surface area contributed by atoms with Crippen molar-refractivity contribution < 1.29 is 18.6 Å². The SMILES string of the molecule is CCCNS(O)(O)Nc1ncnc(OCCOc2ncc(Br)cn2)c1-c1ccc(Br)cc1. The molecule has 0 atom stereocenters. The molecular weight excluding hydrogens is 568 g/mol. The first-order chi connectivity index (χ1) is 15.4. The van der Waals surface area contributed by atoms with E-state index < -0.39 is 11.0 Å². The molecule has 1 aromatic carbocycles. The predicted molar refractivity (Wildman–Crippen MR) is 131 cm³/mol. The molecule has 0 saturated heterocycles. The van der Waals surface area contributed by atoms with Crippen LogP contribution >= 0.6 is 42.8 Å². The van der Waals surface area contributed by atoms with Crippen LogP contribution in [0.3, 0.4) is 0 Å². The van der Waals surface area contributed by atoms with Crippen LogP contribution in [0.2, 0.25) is 0 Å². The Bertz CT molecular complexity index is 1010. The Balaban J connectivity index is 1.79. The summed E-state index contributed by atoms with van der Waals surface area (Å²) >= 11 is 6.68. The summed E-state index contributed by atoms with van der Waals surface area (Å²) in [5.41, 5.74) is 1.22. The minimum Gasteiger partial charge on any atom is -0.473 e. The monoisotopic (exact) mass is 588 g/mol. The van der Waals surface area contributed by atoms with Crippen molar-refractivity contribution in [3.8, 4) is 23.0 Å². The van der Waals surface area contributed by atoms with Crippen LogP contribution < -0.4 is 18.9 Å². The average Bonchev–Trinajstić information content (AvgIpc) is 2.77. The van der Waals surface area contributed by atoms with Crippen molar-refractivity contribution in [3.63, 3.8) is 0 Å². The number of rotatable bonds is 11. The van der Waals surface area contributed by atoms with Crippen LogP contribution in [0.1, 0.15) is 13.3 Å². The second-order valence-electron chi connectivity index (χ2n) is 6.34. The van der Waals surface area contributed by atoms with Gasteiger partial charge in [-0.3, -0.25) is 13.8 Å². The van der Waals surface area contributed by atoms with Gasteiger partial charge in [0.05, 0.1) is 10.0 Å². The standard InChI is InChI=1S/C19H22Br2N6O4S/c1-2-7-26-32(28,29)27-17-16(13-3-5-14(20)6-4-13)18(25-12-24-17)30-8-9-31-19-22-10-15(21)11-23-19/h3-6,10-12,26,28-29H,2,7-9H2,1H3,(H,24,25,27). The fourth-order valence-electron chi connectivity index (χ4n) is 2.49. The molecule has 10 nitrogen and oxygen atoms in total. The largest absolute Gasteiger partial charge is 0.473 e. The van der Waals surface area contributed by atoms with Gasteiger partial charge in [0, 0.05) is 23.4 Å². The highest BCUT2D eigenvalue weighted by Crippen LogP contribution is 2.41. The van der Waals surface area contributed by atoms with Crippen molar-refractivity contribution in [2.24, 2.45) is 0 Å². The van der Waals surface area contributed by atoms with E-state index in [1.54, 1.807) is 12.4 Å². The number of benzene rings is 1. The number of anilines is 1. The normalized spacial score (nSPS) is 11.8. The van der Waals surface area contributed by atoms with Gasteiger partial charge in [0.2, 0.25) is 5.88 Å². The van der Waals surface area contributed by atoms with E-state index >= 15 is 0 Å². The third-order valence-corrected chi connectivity index (χ3v) is 5.91. The van der Waals surface area contributed by atoms with E-state index in [1.165, 1.54) is 6.33 Å². The molecule has 172 valence electrons. The van der Waals surface area contributed by atoms with Crippen molar-refractivity contribution in [2.75, 3.05) is 24.5 Å². The van der Waals surface area contributed by atoms with Crippen molar-refractivity contribution in [1.82, 2.24) is 24.7 Å². The molecule has 0 saturated carbocycles. The Morgan fingerprint density at radius 3 is 2.31 bits per heavy atom. The Morgan fingerprint density at radius 1 is 0.938 bits per heavy atom. The highest BCUT2D eigenvalue weighted by atomic mass is 79.9. The summed E-state index contributed by atoms with van der Waals surface area (Å²) in [6, 6.07) is 7.64. The van der Waals surface area contributed by atoms with E-state index in [-0.39, 0.29) is 30.9 Å². The van der Waals surface area contributed by atoms with Gasteiger partial charge in [0.25, 0.3) is 0 Å². The molecule has 2 aromatic heterocycles. The Hall–Kier alpha value is -2.03. The number of aromatic nitrogens is 4. The van der Waals surface area contributed by atoms with Crippen molar-refractivity contribution >= 4 is 48.6 Å². The maximum absolute atomic E-state index is 10.3. The molecule has 0 amide bonds. The summed E-state index contributed by atoms with van der Waals surface area (Å²) in [5, 5.41) is 0. The molecule has 0 unspecified atom stereocenters. The first kappa shape index (κ1) is 24.6. The maximum atomic E-state index is 10.3. The molecule has 2 heterocycles. The molecule has 13 heteroatoms. The number of hydrogen-bond donors (Lipinski definition) is 4. The van der Waals surface area contributed by atoms with Crippen molar-refractivity contribution in [3.05, 3.63) is 51.9 Å². The predicted octanol–water partition coefficient (Wildman–Crippen LogP) is 4.91. The topological polar surface area (TPSA) is 135 Å². The zero-order valence-electron chi connectivity index (χ0n) is 17.0. The molecule has 3 rings (SSSR count). The van der Waals surface area contributed by atoms with Gasteiger partial charge in [-0.2, -0.15) is 0 Å². The molecule has 0 aliphatic heterocycles. The Labute approximate surface area is 204 Å². The molecular formula is C19H22Br2N6O4S. The van der Waals surface area contributed by atoms with Crippen LogP contribution in [0.4, 0.5) is 5.82 Å². The fraction of sp³-hybridized carbons (Fsp3) is 0.263. The van der Waals surface area contributed by atoms with E-state index in [4.69, 9.17) is 9.47 Å². The third kappa shape index (κ3) is 7.25. The first-order valence-corrected chi connectivity index (χ1v) is 12.7. The van der Waals surface area contributed by atoms with Crippen LogP contribution in [-0.4, -0.2) is 48.8 Å². The van der Waals surface area contributed by atoms with E-state index in [2.05, 4.69) is 61.2 Å². The van der Waals surface area contributed by atoms with E-state index in [0.29, 0.717) is 12.1 Å². The lowest BCUT2D eigenvalue weighted by atomic mass is 10.1. The number of nitrogens with zero attached hydrogens (tertiary/aromatic N) is 4. The zero-order chi connectivity index (χ0) is 23.0. The summed E-state index contributed by atoms with van der Waals surface area (Å²) < 4.78 is 39.0. The molecule has 32 heavy (non-hydrogen) atoms. The van der Waals surface area contributed by atoms with Crippen LogP contribution in [0, 0.1) is 0 Å².